The fourth-order valence-corrected chi connectivity index (χ4v) is 5.17. The zero-order valence-electron chi connectivity index (χ0n) is 19.1. The van der Waals surface area contributed by atoms with Crippen LogP contribution in [0.25, 0.3) is 0 Å². The van der Waals surface area contributed by atoms with Gasteiger partial charge in [0.1, 0.15) is 5.60 Å². The summed E-state index contributed by atoms with van der Waals surface area (Å²) in [5.41, 5.74) is 0.982. The lowest BCUT2D eigenvalue weighted by Crippen LogP contribution is -2.38. The van der Waals surface area contributed by atoms with Crippen LogP contribution in [-0.2, 0) is 11.3 Å². The first-order chi connectivity index (χ1) is 14.4. The van der Waals surface area contributed by atoms with Gasteiger partial charge in [0, 0.05) is 19.6 Å². The number of hydrogen-bond acceptors (Lipinski definition) is 5. The molecule has 0 spiro atoms. The summed E-state index contributed by atoms with van der Waals surface area (Å²) in [5, 5.41) is 0. The fraction of sp³-hybridized carbons (Fsp3) is 0.708. The molecule has 0 unspecified atom stereocenters. The van der Waals surface area contributed by atoms with Gasteiger partial charge in [-0.2, -0.15) is 23.5 Å². The molecular formula is C24H40N2O2S2. The van der Waals surface area contributed by atoms with E-state index >= 15 is 0 Å². The minimum Gasteiger partial charge on any atom is -0.444 e. The Balaban J connectivity index is 1.81. The molecule has 170 valence electrons. The summed E-state index contributed by atoms with van der Waals surface area (Å²) >= 11 is 4.03. The van der Waals surface area contributed by atoms with Crippen LogP contribution in [0.5, 0.6) is 0 Å². The van der Waals surface area contributed by atoms with E-state index in [0.717, 1.165) is 57.1 Å². The van der Waals surface area contributed by atoms with Gasteiger partial charge in [-0.25, -0.2) is 4.79 Å². The van der Waals surface area contributed by atoms with Crippen LogP contribution < -0.4 is 0 Å². The van der Waals surface area contributed by atoms with E-state index in [1.54, 1.807) is 0 Å². The minimum atomic E-state index is -0.429. The maximum atomic E-state index is 12.5. The van der Waals surface area contributed by atoms with Crippen molar-refractivity contribution < 1.29 is 9.53 Å². The average molecular weight is 453 g/mol. The normalized spacial score (nSPS) is 19.4. The molecule has 0 radical (unpaired) electrons. The van der Waals surface area contributed by atoms with Gasteiger partial charge in [0.25, 0.3) is 0 Å². The van der Waals surface area contributed by atoms with E-state index in [-0.39, 0.29) is 6.09 Å². The highest BCUT2D eigenvalue weighted by Gasteiger charge is 2.21. The molecule has 2 rings (SSSR count). The third-order valence-corrected chi connectivity index (χ3v) is 7.17. The molecule has 1 aromatic carbocycles. The number of carbonyl (C=O) groups excluding carboxylic acids is 1. The van der Waals surface area contributed by atoms with Crippen LogP contribution in [0.1, 0.15) is 52.0 Å². The second-order valence-electron chi connectivity index (χ2n) is 8.87. The highest BCUT2D eigenvalue weighted by molar-refractivity contribution is 7.99. The van der Waals surface area contributed by atoms with Gasteiger partial charge in [0.05, 0.1) is 0 Å². The number of amides is 1. The smallest absolute Gasteiger partial charge is 0.410 e. The first-order valence-corrected chi connectivity index (χ1v) is 13.6. The molecule has 1 fully saturated rings. The zero-order valence-corrected chi connectivity index (χ0v) is 20.7. The maximum absolute atomic E-state index is 12.5. The van der Waals surface area contributed by atoms with Crippen molar-refractivity contribution >= 4 is 29.6 Å². The zero-order chi connectivity index (χ0) is 21.7. The Bertz CT molecular complexity index is 575. The molecule has 30 heavy (non-hydrogen) atoms. The van der Waals surface area contributed by atoms with E-state index in [1.807, 2.05) is 49.2 Å². The van der Waals surface area contributed by atoms with Crippen LogP contribution >= 0.6 is 23.5 Å². The van der Waals surface area contributed by atoms with Gasteiger partial charge in [-0.1, -0.05) is 30.3 Å². The van der Waals surface area contributed by atoms with Crippen molar-refractivity contribution in [2.24, 2.45) is 0 Å². The Kier molecular flexibility index (Phi) is 12.1. The number of carbonyl (C=O) groups is 1. The molecule has 1 saturated heterocycles. The molecule has 1 amide bonds. The minimum absolute atomic E-state index is 0.157. The maximum Gasteiger partial charge on any atom is 0.410 e. The lowest BCUT2D eigenvalue weighted by atomic mass is 10.2. The molecule has 0 aliphatic carbocycles. The first kappa shape index (κ1) is 25.4. The van der Waals surface area contributed by atoms with Crippen LogP contribution in [0, 0.1) is 0 Å². The Hall–Kier alpha value is -0.850. The molecule has 6 heteroatoms. The third kappa shape index (κ3) is 11.5. The van der Waals surface area contributed by atoms with E-state index in [0.29, 0.717) is 0 Å². The first-order valence-electron chi connectivity index (χ1n) is 11.3. The third-order valence-electron chi connectivity index (χ3n) is 4.86. The van der Waals surface area contributed by atoms with Crippen molar-refractivity contribution in [2.75, 3.05) is 49.2 Å². The van der Waals surface area contributed by atoms with Crippen molar-refractivity contribution in [3.8, 4) is 0 Å². The highest BCUT2D eigenvalue weighted by Crippen LogP contribution is 2.15. The number of nitrogens with zero attached hydrogens (tertiary/aromatic N) is 2. The molecule has 0 N–H and O–H groups in total. The number of thioether (sulfide) groups is 2. The van der Waals surface area contributed by atoms with Gasteiger partial charge in [-0.3, -0.25) is 4.90 Å². The molecule has 0 saturated carbocycles. The van der Waals surface area contributed by atoms with Crippen LogP contribution in [0.15, 0.2) is 30.3 Å². The summed E-state index contributed by atoms with van der Waals surface area (Å²) < 4.78 is 5.61. The average Bonchev–Trinajstić information content (AvgIpc) is 2.69. The predicted octanol–water partition coefficient (Wildman–Crippen LogP) is 5.77. The number of rotatable bonds is 2. The van der Waals surface area contributed by atoms with Crippen LogP contribution in [0.3, 0.4) is 0 Å². The SMILES string of the molecule is CC(C)(C)OC(=O)N1CCCSCCCN(Cc2ccccc2)CCCSCCC1. The van der Waals surface area contributed by atoms with Crippen LogP contribution in [0.4, 0.5) is 4.79 Å². The number of benzene rings is 1. The number of hydrogen-bond donors (Lipinski definition) is 0. The van der Waals surface area contributed by atoms with Crippen molar-refractivity contribution in [3.05, 3.63) is 35.9 Å². The highest BCUT2D eigenvalue weighted by atomic mass is 32.2. The Morgan fingerprint density at radius 3 is 1.87 bits per heavy atom. The molecule has 1 aliphatic rings. The van der Waals surface area contributed by atoms with Crippen LogP contribution in [0.2, 0.25) is 0 Å². The number of ether oxygens (including phenoxy) is 1. The molecule has 1 aromatic rings. The molecular weight excluding hydrogens is 412 g/mol. The van der Waals surface area contributed by atoms with E-state index in [9.17, 15) is 4.79 Å². The lowest BCUT2D eigenvalue weighted by Gasteiger charge is -2.27. The molecule has 4 nitrogen and oxygen atoms in total. The summed E-state index contributed by atoms with van der Waals surface area (Å²) in [6.07, 6.45) is 4.35. The quantitative estimate of drug-likeness (QED) is 0.569. The Labute approximate surface area is 192 Å². The second kappa shape index (κ2) is 14.3. The standard InChI is InChI=1S/C24H40N2O2S2/c1-24(2,3)28-23(27)26-15-9-19-29-17-7-13-25(14-8-18-30-20-10-16-26)21-22-11-5-4-6-12-22/h4-6,11-12H,7-10,13-21H2,1-3H3. The largest absolute Gasteiger partial charge is 0.444 e. The van der Waals surface area contributed by atoms with Gasteiger partial charge < -0.3 is 9.64 Å². The monoisotopic (exact) mass is 452 g/mol. The summed E-state index contributed by atoms with van der Waals surface area (Å²) in [6, 6.07) is 10.8. The topological polar surface area (TPSA) is 32.8 Å². The molecule has 1 heterocycles. The van der Waals surface area contributed by atoms with Gasteiger partial charge in [-0.05, 0) is 88.1 Å². The summed E-state index contributed by atoms with van der Waals surface area (Å²) in [5.74, 6) is 4.58. The summed E-state index contributed by atoms with van der Waals surface area (Å²) in [6.45, 7) is 10.8. The van der Waals surface area contributed by atoms with E-state index in [4.69, 9.17) is 4.74 Å². The van der Waals surface area contributed by atoms with E-state index in [1.165, 1.54) is 29.9 Å². The molecule has 1 aliphatic heterocycles. The van der Waals surface area contributed by atoms with Gasteiger partial charge >= 0.3 is 6.09 Å². The van der Waals surface area contributed by atoms with Crippen molar-refractivity contribution in [2.45, 2.75) is 58.6 Å². The Morgan fingerprint density at radius 1 is 0.867 bits per heavy atom. The van der Waals surface area contributed by atoms with Gasteiger partial charge in [0.2, 0.25) is 0 Å². The van der Waals surface area contributed by atoms with Gasteiger partial charge in [0.15, 0.2) is 0 Å². The van der Waals surface area contributed by atoms with Crippen LogP contribution in [-0.4, -0.2) is 70.7 Å². The Morgan fingerprint density at radius 2 is 1.37 bits per heavy atom. The predicted molar refractivity (Wildman–Crippen MR) is 133 cm³/mol. The second-order valence-corrected chi connectivity index (χ2v) is 11.3. The van der Waals surface area contributed by atoms with E-state index in [2.05, 4.69) is 35.2 Å². The van der Waals surface area contributed by atoms with Gasteiger partial charge in [-0.15, -0.1) is 0 Å². The molecule has 0 bridgehead atoms. The van der Waals surface area contributed by atoms with Crippen molar-refractivity contribution in [3.63, 3.8) is 0 Å². The lowest BCUT2D eigenvalue weighted by molar-refractivity contribution is 0.0251. The molecule has 0 aromatic heterocycles. The van der Waals surface area contributed by atoms with E-state index < -0.39 is 5.60 Å². The summed E-state index contributed by atoms with van der Waals surface area (Å²) in [4.78, 5) is 17.1. The fourth-order valence-electron chi connectivity index (χ4n) is 3.43. The molecule has 0 atom stereocenters. The van der Waals surface area contributed by atoms with Crippen molar-refractivity contribution in [1.29, 1.82) is 0 Å². The summed E-state index contributed by atoms with van der Waals surface area (Å²) in [7, 11) is 0. The van der Waals surface area contributed by atoms with Crippen molar-refractivity contribution in [1.82, 2.24) is 9.80 Å².